The van der Waals surface area contributed by atoms with Gasteiger partial charge < -0.3 is 5.32 Å². The molecule has 3 aromatic rings. The van der Waals surface area contributed by atoms with Crippen LogP contribution in [0.25, 0.3) is 11.7 Å². The Kier molecular flexibility index (Phi) is 4.86. The SMILES string of the molecule is O=C(/C=C/c1ccc(F)c(Cl)c1)NCCc1nnc2ccccn12. The average molecular weight is 345 g/mol. The molecule has 122 valence electrons. The molecule has 0 radical (unpaired) electrons. The van der Waals surface area contributed by atoms with Crippen molar-refractivity contribution in [2.45, 2.75) is 6.42 Å². The van der Waals surface area contributed by atoms with Crippen LogP contribution in [0.1, 0.15) is 11.4 Å². The second-order valence-electron chi connectivity index (χ2n) is 5.09. The largest absolute Gasteiger partial charge is 0.352 e. The molecule has 2 heterocycles. The lowest BCUT2D eigenvalue weighted by Crippen LogP contribution is -2.24. The molecular formula is C17H14ClFN4O. The topological polar surface area (TPSA) is 59.3 Å². The van der Waals surface area contributed by atoms with Gasteiger partial charge in [-0.2, -0.15) is 0 Å². The monoisotopic (exact) mass is 344 g/mol. The normalized spacial score (nSPS) is 11.2. The molecule has 0 fully saturated rings. The Morgan fingerprint density at radius 2 is 2.17 bits per heavy atom. The standard InChI is InChI=1S/C17H14ClFN4O/c18-13-11-12(4-6-14(13)19)5-7-17(24)20-9-8-16-22-21-15-3-1-2-10-23(15)16/h1-7,10-11H,8-9H2,(H,20,24)/b7-5+. The lowest BCUT2D eigenvalue weighted by molar-refractivity contribution is -0.116. The van der Waals surface area contributed by atoms with Gasteiger partial charge >= 0.3 is 0 Å². The van der Waals surface area contributed by atoms with E-state index in [0.717, 1.165) is 11.5 Å². The highest BCUT2D eigenvalue weighted by Gasteiger charge is 2.05. The van der Waals surface area contributed by atoms with Crippen molar-refractivity contribution in [3.63, 3.8) is 0 Å². The molecular weight excluding hydrogens is 331 g/mol. The van der Waals surface area contributed by atoms with Crippen LogP contribution >= 0.6 is 11.6 Å². The summed E-state index contributed by atoms with van der Waals surface area (Å²) in [5.74, 6) is 0.0447. The van der Waals surface area contributed by atoms with Gasteiger partial charge in [0.25, 0.3) is 0 Å². The number of nitrogens with zero attached hydrogens (tertiary/aromatic N) is 3. The lowest BCUT2D eigenvalue weighted by Gasteiger charge is -2.02. The van der Waals surface area contributed by atoms with Crippen LogP contribution < -0.4 is 5.32 Å². The fraction of sp³-hybridized carbons (Fsp3) is 0.118. The Hall–Kier alpha value is -2.73. The minimum atomic E-state index is -0.487. The number of hydrogen-bond acceptors (Lipinski definition) is 3. The fourth-order valence-electron chi connectivity index (χ4n) is 2.21. The van der Waals surface area contributed by atoms with E-state index in [9.17, 15) is 9.18 Å². The molecule has 5 nitrogen and oxygen atoms in total. The van der Waals surface area contributed by atoms with Crippen molar-refractivity contribution in [1.29, 1.82) is 0 Å². The number of rotatable bonds is 5. The molecule has 1 aromatic carbocycles. The molecule has 2 aromatic heterocycles. The molecule has 0 saturated carbocycles. The third-order valence-electron chi connectivity index (χ3n) is 3.40. The average Bonchev–Trinajstić information content (AvgIpc) is 2.99. The maximum Gasteiger partial charge on any atom is 0.244 e. The van der Waals surface area contributed by atoms with E-state index in [1.807, 2.05) is 28.8 Å². The maximum absolute atomic E-state index is 13.1. The molecule has 3 rings (SSSR count). The van der Waals surface area contributed by atoms with E-state index in [-0.39, 0.29) is 10.9 Å². The van der Waals surface area contributed by atoms with Crippen LogP contribution in [0.4, 0.5) is 4.39 Å². The number of nitrogens with one attached hydrogen (secondary N) is 1. The molecule has 0 unspecified atom stereocenters. The second-order valence-corrected chi connectivity index (χ2v) is 5.50. The van der Waals surface area contributed by atoms with E-state index >= 15 is 0 Å². The molecule has 0 saturated heterocycles. The summed E-state index contributed by atoms with van der Waals surface area (Å²) in [6.45, 7) is 0.434. The number of pyridine rings is 1. The highest BCUT2D eigenvalue weighted by Crippen LogP contribution is 2.16. The first-order valence-electron chi connectivity index (χ1n) is 7.33. The van der Waals surface area contributed by atoms with Gasteiger partial charge in [-0.05, 0) is 35.9 Å². The second kappa shape index (κ2) is 7.23. The lowest BCUT2D eigenvalue weighted by atomic mass is 10.2. The first-order valence-corrected chi connectivity index (χ1v) is 7.71. The molecule has 7 heteroatoms. The van der Waals surface area contributed by atoms with E-state index in [1.54, 1.807) is 12.1 Å². The van der Waals surface area contributed by atoms with Gasteiger partial charge in [-0.25, -0.2) is 4.39 Å². The molecule has 0 spiro atoms. The molecule has 0 atom stereocenters. The zero-order valence-corrected chi connectivity index (χ0v) is 13.4. The van der Waals surface area contributed by atoms with Gasteiger partial charge in [-0.1, -0.05) is 23.7 Å². The summed E-state index contributed by atoms with van der Waals surface area (Å²) in [7, 11) is 0. The number of hydrogen-bond donors (Lipinski definition) is 1. The summed E-state index contributed by atoms with van der Waals surface area (Å²) in [5.41, 5.74) is 1.42. The molecule has 1 N–H and O–H groups in total. The summed E-state index contributed by atoms with van der Waals surface area (Å²) in [6.07, 6.45) is 5.40. The predicted molar refractivity (Wildman–Crippen MR) is 90.1 cm³/mol. The van der Waals surface area contributed by atoms with Gasteiger partial charge in [0, 0.05) is 25.2 Å². The smallest absolute Gasteiger partial charge is 0.244 e. The highest BCUT2D eigenvalue weighted by atomic mass is 35.5. The zero-order valence-electron chi connectivity index (χ0n) is 12.6. The number of amides is 1. The van der Waals surface area contributed by atoms with Crippen LogP contribution in [0, 0.1) is 5.82 Å². The Bertz CT molecular complexity index is 906. The fourth-order valence-corrected chi connectivity index (χ4v) is 2.39. The first-order chi connectivity index (χ1) is 11.6. The van der Waals surface area contributed by atoms with Crippen molar-refractivity contribution >= 4 is 29.2 Å². The van der Waals surface area contributed by atoms with Crippen LogP contribution in [-0.4, -0.2) is 27.0 Å². The van der Waals surface area contributed by atoms with Crippen LogP contribution in [-0.2, 0) is 11.2 Å². The number of aromatic nitrogens is 3. The van der Waals surface area contributed by atoms with Gasteiger partial charge in [-0.3, -0.25) is 9.20 Å². The van der Waals surface area contributed by atoms with Gasteiger partial charge in [0.2, 0.25) is 5.91 Å². The van der Waals surface area contributed by atoms with Crippen LogP contribution in [0.3, 0.4) is 0 Å². The Labute approximate surface area is 142 Å². The Morgan fingerprint density at radius 1 is 1.29 bits per heavy atom. The summed E-state index contributed by atoms with van der Waals surface area (Å²) in [6, 6.07) is 9.93. The third-order valence-corrected chi connectivity index (χ3v) is 3.69. The summed E-state index contributed by atoms with van der Waals surface area (Å²) in [4.78, 5) is 11.8. The van der Waals surface area contributed by atoms with Crippen molar-refractivity contribution in [1.82, 2.24) is 19.9 Å². The number of carbonyl (C=O) groups is 1. The summed E-state index contributed by atoms with van der Waals surface area (Å²) in [5, 5.41) is 10.9. The Morgan fingerprint density at radius 3 is 3.00 bits per heavy atom. The quantitative estimate of drug-likeness (QED) is 0.724. The summed E-state index contributed by atoms with van der Waals surface area (Å²) < 4.78 is 14.9. The third kappa shape index (κ3) is 3.78. The number of benzene rings is 1. The molecule has 0 aliphatic carbocycles. The van der Waals surface area contributed by atoms with Crippen molar-refractivity contribution in [2.24, 2.45) is 0 Å². The van der Waals surface area contributed by atoms with E-state index in [2.05, 4.69) is 15.5 Å². The van der Waals surface area contributed by atoms with Gasteiger partial charge in [0.1, 0.15) is 11.6 Å². The van der Waals surface area contributed by atoms with E-state index in [4.69, 9.17) is 11.6 Å². The van der Waals surface area contributed by atoms with Gasteiger partial charge in [0.05, 0.1) is 5.02 Å². The number of halogens is 2. The number of fused-ring (bicyclic) bond motifs is 1. The van der Waals surface area contributed by atoms with Crippen LogP contribution in [0.2, 0.25) is 5.02 Å². The summed E-state index contributed by atoms with van der Waals surface area (Å²) >= 11 is 5.69. The minimum absolute atomic E-state index is 0.0243. The van der Waals surface area contributed by atoms with E-state index < -0.39 is 5.82 Å². The maximum atomic E-state index is 13.1. The molecule has 0 bridgehead atoms. The highest BCUT2D eigenvalue weighted by molar-refractivity contribution is 6.30. The van der Waals surface area contributed by atoms with Crippen LogP contribution in [0.15, 0.2) is 48.7 Å². The first kappa shape index (κ1) is 16.1. The van der Waals surface area contributed by atoms with E-state index in [0.29, 0.717) is 18.5 Å². The van der Waals surface area contributed by atoms with Crippen molar-refractivity contribution in [3.8, 4) is 0 Å². The zero-order chi connectivity index (χ0) is 16.9. The molecule has 24 heavy (non-hydrogen) atoms. The van der Waals surface area contributed by atoms with Gasteiger partial charge in [0.15, 0.2) is 5.65 Å². The van der Waals surface area contributed by atoms with Gasteiger partial charge in [-0.15, -0.1) is 10.2 Å². The molecule has 0 aliphatic rings. The Balaban J connectivity index is 1.54. The number of carbonyl (C=O) groups excluding carboxylic acids is 1. The van der Waals surface area contributed by atoms with E-state index in [1.165, 1.54) is 18.2 Å². The van der Waals surface area contributed by atoms with Crippen molar-refractivity contribution in [2.75, 3.05) is 6.54 Å². The molecule has 0 aliphatic heterocycles. The van der Waals surface area contributed by atoms with Crippen molar-refractivity contribution in [3.05, 3.63) is 70.9 Å². The minimum Gasteiger partial charge on any atom is -0.352 e. The van der Waals surface area contributed by atoms with Crippen LogP contribution in [0.5, 0.6) is 0 Å². The predicted octanol–water partition coefficient (Wildman–Crippen LogP) is 2.89. The van der Waals surface area contributed by atoms with Crippen molar-refractivity contribution < 1.29 is 9.18 Å². The molecule has 1 amide bonds.